The molecule has 3 aromatic rings. The van der Waals surface area contributed by atoms with Crippen LogP contribution in [0.25, 0.3) is 0 Å². The zero-order valence-corrected chi connectivity index (χ0v) is 15.9. The van der Waals surface area contributed by atoms with Gasteiger partial charge in [-0.05, 0) is 43.3 Å². The Labute approximate surface area is 169 Å². The first-order valence-electron chi connectivity index (χ1n) is 9.10. The van der Waals surface area contributed by atoms with E-state index in [0.717, 1.165) is 0 Å². The number of carbonyl (C=O) groups is 1. The van der Waals surface area contributed by atoms with E-state index >= 15 is 0 Å². The zero-order chi connectivity index (χ0) is 20.5. The number of nitriles is 1. The van der Waals surface area contributed by atoms with Crippen LogP contribution in [0.5, 0.6) is 23.0 Å². The minimum Gasteiger partial charge on any atom is -0.490 e. The maximum absolute atomic E-state index is 12.3. The van der Waals surface area contributed by atoms with Gasteiger partial charge in [0.05, 0.1) is 18.2 Å². The highest BCUT2D eigenvalue weighted by Gasteiger charge is 2.10. The van der Waals surface area contributed by atoms with E-state index in [1.54, 1.807) is 36.4 Å². The molecular formula is C23H20N2O4. The lowest BCUT2D eigenvalue weighted by atomic mass is 10.2. The van der Waals surface area contributed by atoms with Crippen LogP contribution in [-0.4, -0.2) is 19.1 Å². The predicted molar refractivity (Wildman–Crippen MR) is 109 cm³/mol. The minimum atomic E-state index is -0.325. The molecule has 0 saturated carbocycles. The largest absolute Gasteiger partial charge is 0.490 e. The average Bonchev–Trinajstić information content (AvgIpc) is 2.74. The van der Waals surface area contributed by atoms with Crippen molar-refractivity contribution in [2.75, 3.05) is 18.5 Å². The summed E-state index contributed by atoms with van der Waals surface area (Å²) in [7, 11) is 0. The van der Waals surface area contributed by atoms with E-state index in [1.807, 2.05) is 49.4 Å². The summed E-state index contributed by atoms with van der Waals surface area (Å²) in [5.74, 6) is 1.83. The van der Waals surface area contributed by atoms with Crippen LogP contribution in [0.1, 0.15) is 12.5 Å². The molecule has 29 heavy (non-hydrogen) atoms. The maximum atomic E-state index is 12.3. The number of hydrogen-bond donors (Lipinski definition) is 1. The van der Waals surface area contributed by atoms with Crippen molar-refractivity contribution in [3.63, 3.8) is 0 Å². The summed E-state index contributed by atoms with van der Waals surface area (Å²) in [5, 5.41) is 11.8. The summed E-state index contributed by atoms with van der Waals surface area (Å²) in [6.45, 7) is 2.06. The second-order valence-electron chi connectivity index (χ2n) is 5.99. The van der Waals surface area contributed by atoms with Gasteiger partial charge in [-0.1, -0.05) is 24.3 Å². The Morgan fingerprint density at radius 1 is 0.931 bits per heavy atom. The number of nitrogens with one attached hydrogen (secondary N) is 1. The average molecular weight is 388 g/mol. The zero-order valence-electron chi connectivity index (χ0n) is 15.9. The molecule has 0 atom stereocenters. The topological polar surface area (TPSA) is 80.6 Å². The molecule has 146 valence electrons. The predicted octanol–water partition coefficient (Wildman–Crippen LogP) is 4.77. The molecule has 0 radical (unpaired) electrons. The summed E-state index contributed by atoms with van der Waals surface area (Å²) < 4.78 is 16.8. The molecule has 0 spiro atoms. The number of para-hydroxylation sites is 1. The number of carbonyl (C=O) groups excluding carboxylic acids is 1. The number of rotatable bonds is 8. The van der Waals surface area contributed by atoms with Crippen LogP contribution in [0.3, 0.4) is 0 Å². The fourth-order valence-electron chi connectivity index (χ4n) is 2.57. The highest BCUT2D eigenvalue weighted by atomic mass is 16.5. The van der Waals surface area contributed by atoms with Gasteiger partial charge >= 0.3 is 0 Å². The van der Waals surface area contributed by atoms with Crippen LogP contribution >= 0.6 is 0 Å². The Morgan fingerprint density at radius 2 is 1.72 bits per heavy atom. The third-order valence-corrected chi connectivity index (χ3v) is 3.83. The molecule has 6 nitrogen and oxygen atoms in total. The number of ether oxygens (including phenoxy) is 3. The molecule has 0 bridgehead atoms. The molecule has 0 aliphatic carbocycles. The lowest BCUT2D eigenvalue weighted by Gasteiger charge is -2.12. The molecule has 0 aromatic heterocycles. The molecule has 0 heterocycles. The molecule has 0 unspecified atom stereocenters. The quantitative estimate of drug-likeness (QED) is 0.601. The fourth-order valence-corrected chi connectivity index (χ4v) is 2.57. The van der Waals surface area contributed by atoms with E-state index < -0.39 is 0 Å². The van der Waals surface area contributed by atoms with Gasteiger partial charge in [0.15, 0.2) is 18.1 Å². The number of amides is 1. The molecule has 1 amide bonds. The number of anilines is 1. The smallest absolute Gasteiger partial charge is 0.262 e. The van der Waals surface area contributed by atoms with Gasteiger partial charge in [-0.3, -0.25) is 4.79 Å². The molecule has 0 saturated heterocycles. The van der Waals surface area contributed by atoms with Gasteiger partial charge in [0.25, 0.3) is 5.91 Å². The van der Waals surface area contributed by atoms with Crippen LogP contribution in [0.15, 0.2) is 72.8 Å². The van der Waals surface area contributed by atoms with Gasteiger partial charge in [-0.25, -0.2) is 0 Å². The lowest BCUT2D eigenvalue weighted by Crippen LogP contribution is -2.20. The van der Waals surface area contributed by atoms with Crippen molar-refractivity contribution in [2.24, 2.45) is 0 Å². The molecule has 3 aromatic carbocycles. The summed E-state index contributed by atoms with van der Waals surface area (Å²) in [6.07, 6.45) is 0. The standard InChI is InChI=1S/C23H20N2O4/c1-2-27-22-13-17(15-24)11-12-21(22)28-16-23(26)25-18-7-6-10-20(14-18)29-19-8-4-3-5-9-19/h3-14H,2,16H2,1H3,(H,25,26). The molecule has 0 aliphatic rings. The fraction of sp³-hybridized carbons (Fsp3) is 0.130. The van der Waals surface area contributed by atoms with E-state index in [9.17, 15) is 4.79 Å². The van der Waals surface area contributed by atoms with Crippen LogP contribution in [0.2, 0.25) is 0 Å². The second-order valence-corrected chi connectivity index (χ2v) is 5.99. The van der Waals surface area contributed by atoms with Gasteiger partial charge < -0.3 is 19.5 Å². The Bertz CT molecular complexity index is 1010. The van der Waals surface area contributed by atoms with Gasteiger partial charge in [0.1, 0.15) is 11.5 Å². The Morgan fingerprint density at radius 3 is 2.48 bits per heavy atom. The SMILES string of the molecule is CCOc1cc(C#N)ccc1OCC(=O)Nc1cccc(Oc2ccccc2)c1. The summed E-state index contributed by atoms with van der Waals surface area (Å²) in [5.41, 5.74) is 1.05. The third kappa shape index (κ3) is 5.75. The Hall–Kier alpha value is -3.98. The van der Waals surface area contributed by atoms with Crippen molar-refractivity contribution >= 4 is 11.6 Å². The van der Waals surface area contributed by atoms with Gasteiger partial charge in [-0.2, -0.15) is 5.26 Å². The molecule has 6 heteroatoms. The molecule has 0 fully saturated rings. The van der Waals surface area contributed by atoms with Crippen molar-refractivity contribution < 1.29 is 19.0 Å². The lowest BCUT2D eigenvalue weighted by molar-refractivity contribution is -0.118. The van der Waals surface area contributed by atoms with Gasteiger partial charge in [0, 0.05) is 17.8 Å². The third-order valence-electron chi connectivity index (χ3n) is 3.83. The highest BCUT2D eigenvalue weighted by molar-refractivity contribution is 5.92. The van der Waals surface area contributed by atoms with Crippen LogP contribution in [0, 0.1) is 11.3 Å². The molecule has 1 N–H and O–H groups in total. The molecule has 0 aliphatic heterocycles. The second kappa shape index (κ2) is 9.81. The number of nitrogens with zero attached hydrogens (tertiary/aromatic N) is 1. The van der Waals surface area contributed by atoms with Crippen LogP contribution < -0.4 is 19.5 Å². The van der Waals surface area contributed by atoms with E-state index in [1.165, 1.54) is 0 Å². The first-order chi connectivity index (χ1) is 14.2. The first kappa shape index (κ1) is 19.8. The summed E-state index contributed by atoms with van der Waals surface area (Å²) in [6, 6.07) is 23.4. The first-order valence-corrected chi connectivity index (χ1v) is 9.10. The summed E-state index contributed by atoms with van der Waals surface area (Å²) >= 11 is 0. The Kier molecular flexibility index (Phi) is 6.69. The monoisotopic (exact) mass is 388 g/mol. The van der Waals surface area contributed by atoms with E-state index in [0.29, 0.717) is 40.9 Å². The van der Waals surface area contributed by atoms with Crippen molar-refractivity contribution in [3.8, 4) is 29.1 Å². The van der Waals surface area contributed by atoms with E-state index in [2.05, 4.69) is 5.32 Å². The highest BCUT2D eigenvalue weighted by Crippen LogP contribution is 2.28. The van der Waals surface area contributed by atoms with Crippen LogP contribution in [0.4, 0.5) is 5.69 Å². The number of benzene rings is 3. The summed E-state index contributed by atoms with van der Waals surface area (Å²) in [4.78, 5) is 12.3. The van der Waals surface area contributed by atoms with E-state index in [-0.39, 0.29) is 12.5 Å². The molecular weight excluding hydrogens is 368 g/mol. The van der Waals surface area contributed by atoms with Crippen molar-refractivity contribution in [1.82, 2.24) is 0 Å². The van der Waals surface area contributed by atoms with Gasteiger partial charge in [-0.15, -0.1) is 0 Å². The van der Waals surface area contributed by atoms with Crippen molar-refractivity contribution in [2.45, 2.75) is 6.92 Å². The minimum absolute atomic E-state index is 0.199. The van der Waals surface area contributed by atoms with Gasteiger partial charge in [0.2, 0.25) is 0 Å². The normalized spacial score (nSPS) is 9.93. The molecule has 3 rings (SSSR count). The Balaban J connectivity index is 1.60. The van der Waals surface area contributed by atoms with E-state index in [4.69, 9.17) is 19.5 Å². The van der Waals surface area contributed by atoms with Crippen molar-refractivity contribution in [1.29, 1.82) is 5.26 Å². The number of hydrogen-bond acceptors (Lipinski definition) is 5. The van der Waals surface area contributed by atoms with Crippen LogP contribution in [-0.2, 0) is 4.79 Å². The maximum Gasteiger partial charge on any atom is 0.262 e. The van der Waals surface area contributed by atoms with Crippen molar-refractivity contribution in [3.05, 3.63) is 78.4 Å².